The molecule has 43 heavy (non-hydrogen) atoms. The SMILES string of the molecule is O=C(Cc1ccccc1)Oc1c(-c2ccc(O)cc2)c(O)c(OC(=O)Cc2ccccc2)c2c1oc1cc(O)c(O)cc12. The molecule has 0 saturated heterocycles. The van der Waals surface area contributed by atoms with E-state index in [4.69, 9.17) is 13.9 Å². The molecule has 0 atom stereocenters. The molecule has 0 spiro atoms. The second-order valence-electron chi connectivity index (χ2n) is 9.84. The molecule has 1 heterocycles. The number of furan rings is 1. The van der Waals surface area contributed by atoms with Gasteiger partial charge in [0, 0.05) is 11.5 Å². The molecule has 0 unspecified atom stereocenters. The number of aromatic hydroxyl groups is 4. The monoisotopic (exact) mass is 576 g/mol. The quantitative estimate of drug-likeness (QED) is 0.0967. The zero-order chi connectivity index (χ0) is 30.1. The highest BCUT2D eigenvalue weighted by Gasteiger charge is 2.30. The van der Waals surface area contributed by atoms with Crippen molar-refractivity contribution in [3.05, 3.63) is 108 Å². The van der Waals surface area contributed by atoms with Gasteiger partial charge in [-0.15, -0.1) is 0 Å². The lowest BCUT2D eigenvalue weighted by Crippen LogP contribution is -2.14. The van der Waals surface area contributed by atoms with Crippen LogP contribution in [0.1, 0.15) is 11.1 Å². The molecular weight excluding hydrogens is 552 g/mol. The topological polar surface area (TPSA) is 147 Å². The molecule has 4 N–H and O–H groups in total. The van der Waals surface area contributed by atoms with Crippen LogP contribution >= 0.6 is 0 Å². The van der Waals surface area contributed by atoms with E-state index in [0.717, 1.165) is 6.07 Å². The predicted octanol–water partition coefficient (Wildman–Crippen LogP) is 6.37. The van der Waals surface area contributed by atoms with Crippen LogP contribution in [-0.2, 0) is 22.4 Å². The van der Waals surface area contributed by atoms with Gasteiger partial charge >= 0.3 is 11.9 Å². The highest BCUT2D eigenvalue weighted by Crippen LogP contribution is 2.54. The maximum absolute atomic E-state index is 13.2. The molecule has 5 aromatic carbocycles. The molecule has 0 aliphatic heterocycles. The molecule has 0 saturated carbocycles. The fraction of sp³-hybridized carbons (Fsp3) is 0.0588. The van der Waals surface area contributed by atoms with Gasteiger partial charge in [0.25, 0.3) is 0 Å². The molecule has 0 fully saturated rings. The Balaban J connectivity index is 1.58. The summed E-state index contributed by atoms with van der Waals surface area (Å²) in [7, 11) is 0. The minimum Gasteiger partial charge on any atom is -0.508 e. The fourth-order valence-electron chi connectivity index (χ4n) is 4.88. The lowest BCUT2D eigenvalue weighted by atomic mass is 9.99. The van der Waals surface area contributed by atoms with E-state index < -0.39 is 29.2 Å². The van der Waals surface area contributed by atoms with Gasteiger partial charge in [0.2, 0.25) is 0 Å². The molecule has 0 aliphatic rings. The lowest BCUT2D eigenvalue weighted by molar-refractivity contribution is -0.134. The van der Waals surface area contributed by atoms with E-state index in [0.29, 0.717) is 16.7 Å². The molecule has 9 heteroatoms. The van der Waals surface area contributed by atoms with Crippen molar-refractivity contribution >= 4 is 33.9 Å². The van der Waals surface area contributed by atoms with Gasteiger partial charge < -0.3 is 34.3 Å². The van der Waals surface area contributed by atoms with E-state index in [2.05, 4.69) is 0 Å². The Hall–Kier alpha value is -5.96. The van der Waals surface area contributed by atoms with Gasteiger partial charge in [-0.1, -0.05) is 72.8 Å². The van der Waals surface area contributed by atoms with Gasteiger partial charge in [-0.05, 0) is 34.9 Å². The molecule has 0 amide bonds. The number of hydrogen-bond donors (Lipinski definition) is 4. The summed E-state index contributed by atoms with van der Waals surface area (Å²) in [5.74, 6) is -3.41. The van der Waals surface area contributed by atoms with Crippen LogP contribution in [-0.4, -0.2) is 32.4 Å². The number of ether oxygens (including phenoxy) is 2. The zero-order valence-corrected chi connectivity index (χ0v) is 22.5. The van der Waals surface area contributed by atoms with Crippen LogP contribution in [0.25, 0.3) is 33.1 Å². The van der Waals surface area contributed by atoms with Crippen LogP contribution in [0.5, 0.6) is 34.5 Å². The Labute approximate surface area is 244 Å². The second kappa shape index (κ2) is 11.1. The van der Waals surface area contributed by atoms with Crippen LogP contribution in [0.2, 0.25) is 0 Å². The molecule has 1 aromatic heterocycles. The van der Waals surface area contributed by atoms with Gasteiger partial charge in [0.05, 0.1) is 23.8 Å². The van der Waals surface area contributed by atoms with E-state index >= 15 is 0 Å². The molecule has 6 rings (SSSR count). The van der Waals surface area contributed by atoms with Crippen molar-refractivity contribution < 1.29 is 43.9 Å². The summed E-state index contributed by atoms with van der Waals surface area (Å²) in [6.07, 6.45) is -0.223. The van der Waals surface area contributed by atoms with Crippen molar-refractivity contribution in [1.29, 1.82) is 0 Å². The molecule has 0 radical (unpaired) electrons. The molecule has 9 nitrogen and oxygen atoms in total. The smallest absolute Gasteiger partial charge is 0.315 e. The molecule has 6 aromatic rings. The Bertz CT molecular complexity index is 1980. The number of carbonyl (C=O) groups is 2. The van der Waals surface area contributed by atoms with Crippen molar-refractivity contribution in [1.82, 2.24) is 0 Å². The standard InChI is InChI=1S/C34H24O9/c35-22-13-11-21(12-14-22)29-31(40)32(42-27(38)15-19-7-3-1-4-8-19)30-23-17-24(36)25(37)18-26(23)41-34(30)33(29)43-28(39)16-20-9-5-2-6-10-20/h1-14,17-18,35-37,40H,15-16H2. The molecular formula is C34H24O9. The highest BCUT2D eigenvalue weighted by molar-refractivity contribution is 6.16. The van der Waals surface area contributed by atoms with Gasteiger partial charge in [0.1, 0.15) is 11.3 Å². The Morgan fingerprint density at radius 2 is 1.19 bits per heavy atom. The van der Waals surface area contributed by atoms with Crippen LogP contribution in [0.4, 0.5) is 0 Å². The number of phenolic OH excluding ortho intramolecular Hbond substituents is 4. The average Bonchev–Trinajstić information content (AvgIpc) is 3.35. The van der Waals surface area contributed by atoms with E-state index in [1.807, 2.05) is 12.1 Å². The fourth-order valence-corrected chi connectivity index (χ4v) is 4.88. The van der Waals surface area contributed by atoms with Crippen molar-refractivity contribution in [3.8, 4) is 45.6 Å². The number of carbonyl (C=O) groups excluding carboxylic acids is 2. The van der Waals surface area contributed by atoms with Crippen molar-refractivity contribution in [3.63, 3.8) is 0 Å². The van der Waals surface area contributed by atoms with Crippen molar-refractivity contribution in [2.75, 3.05) is 0 Å². The van der Waals surface area contributed by atoms with E-state index in [9.17, 15) is 30.0 Å². The number of esters is 2. The Morgan fingerprint density at radius 1 is 0.651 bits per heavy atom. The van der Waals surface area contributed by atoms with Crippen LogP contribution in [0, 0.1) is 0 Å². The summed E-state index contributed by atoms with van der Waals surface area (Å²) in [5, 5.41) is 42.3. The first-order valence-electron chi connectivity index (χ1n) is 13.2. The van der Waals surface area contributed by atoms with Crippen molar-refractivity contribution in [2.24, 2.45) is 0 Å². The third kappa shape index (κ3) is 5.39. The highest BCUT2D eigenvalue weighted by atomic mass is 16.6. The Kier molecular flexibility index (Phi) is 7.05. The van der Waals surface area contributed by atoms with Crippen LogP contribution < -0.4 is 9.47 Å². The first-order valence-corrected chi connectivity index (χ1v) is 13.2. The van der Waals surface area contributed by atoms with Gasteiger partial charge in [-0.2, -0.15) is 0 Å². The van der Waals surface area contributed by atoms with E-state index in [-0.39, 0.29) is 57.6 Å². The van der Waals surface area contributed by atoms with Gasteiger partial charge in [-0.3, -0.25) is 9.59 Å². The summed E-state index contributed by atoms with van der Waals surface area (Å²) < 4.78 is 17.7. The summed E-state index contributed by atoms with van der Waals surface area (Å²) in [6.45, 7) is 0. The average molecular weight is 577 g/mol. The van der Waals surface area contributed by atoms with E-state index in [1.165, 1.54) is 30.3 Å². The number of fused-ring (bicyclic) bond motifs is 3. The normalized spacial score (nSPS) is 11.1. The van der Waals surface area contributed by atoms with Gasteiger partial charge in [0.15, 0.2) is 34.3 Å². The lowest BCUT2D eigenvalue weighted by Gasteiger charge is -2.17. The molecule has 0 bridgehead atoms. The zero-order valence-electron chi connectivity index (χ0n) is 22.5. The summed E-state index contributed by atoms with van der Waals surface area (Å²) >= 11 is 0. The number of phenols is 4. The van der Waals surface area contributed by atoms with E-state index in [1.54, 1.807) is 48.5 Å². The molecule has 214 valence electrons. The maximum Gasteiger partial charge on any atom is 0.315 e. The number of benzene rings is 5. The third-order valence-electron chi connectivity index (χ3n) is 6.87. The number of rotatable bonds is 7. The minimum absolute atomic E-state index is 0.0363. The summed E-state index contributed by atoms with van der Waals surface area (Å²) in [5.41, 5.74) is 1.62. The maximum atomic E-state index is 13.2. The second-order valence-corrected chi connectivity index (χ2v) is 9.84. The largest absolute Gasteiger partial charge is 0.508 e. The molecule has 0 aliphatic carbocycles. The predicted molar refractivity (Wildman–Crippen MR) is 157 cm³/mol. The Morgan fingerprint density at radius 3 is 1.77 bits per heavy atom. The summed E-state index contributed by atoms with van der Waals surface area (Å²) in [4.78, 5) is 26.4. The first-order chi connectivity index (χ1) is 20.8. The minimum atomic E-state index is -0.703. The van der Waals surface area contributed by atoms with Crippen LogP contribution in [0.15, 0.2) is 101 Å². The van der Waals surface area contributed by atoms with Crippen LogP contribution in [0.3, 0.4) is 0 Å². The first kappa shape index (κ1) is 27.2. The van der Waals surface area contributed by atoms with Crippen molar-refractivity contribution in [2.45, 2.75) is 12.8 Å². The number of hydrogen-bond acceptors (Lipinski definition) is 9. The third-order valence-corrected chi connectivity index (χ3v) is 6.87. The van der Waals surface area contributed by atoms with Gasteiger partial charge in [-0.25, -0.2) is 0 Å². The summed E-state index contributed by atoms with van der Waals surface area (Å²) in [6, 6.07) is 25.9.